The number of aryl methyl sites for hydroxylation is 2. The number of ether oxygens (including phenoxy) is 1. The van der Waals surface area contributed by atoms with E-state index in [0.717, 1.165) is 50.5 Å². The van der Waals surface area contributed by atoms with Crippen molar-refractivity contribution in [3.05, 3.63) is 17.6 Å². The molecule has 0 aliphatic carbocycles. The average Bonchev–Trinajstić information content (AvgIpc) is 2.48. The lowest BCUT2D eigenvalue weighted by atomic mass is 10.1. The number of urea groups is 1. The molecular formula is C16H26N4O2. The highest BCUT2D eigenvalue weighted by Gasteiger charge is 2.26. The molecule has 2 rings (SSSR count). The van der Waals surface area contributed by atoms with Crippen LogP contribution in [0.25, 0.3) is 0 Å². The molecular weight excluding hydrogens is 280 g/mol. The maximum atomic E-state index is 12.3. The molecule has 6 nitrogen and oxygen atoms in total. The Morgan fingerprint density at radius 2 is 1.91 bits per heavy atom. The van der Waals surface area contributed by atoms with Gasteiger partial charge in [-0.15, -0.1) is 0 Å². The smallest absolute Gasteiger partial charge is 0.319 e. The quantitative estimate of drug-likeness (QED) is 0.857. The number of hydrogen-bond acceptors (Lipinski definition) is 4. The molecule has 0 unspecified atom stereocenters. The molecule has 0 spiro atoms. The number of carbonyl (C=O) groups excluding carboxylic acids is 1. The summed E-state index contributed by atoms with van der Waals surface area (Å²) in [6, 6.07) is 2.00. The third-order valence-corrected chi connectivity index (χ3v) is 3.98. The molecule has 1 aliphatic rings. The minimum Gasteiger partial charge on any atom is -0.474 e. The van der Waals surface area contributed by atoms with Crippen molar-refractivity contribution in [3.63, 3.8) is 0 Å². The summed E-state index contributed by atoms with van der Waals surface area (Å²) in [5, 5.41) is 0. The SMILES string of the molecule is CCN(CC)C(=O)N1CCC(Oc2cc(C)nc(C)n2)CC1. The molecule has 0 saturated carbocycles. The maximum absolute atomic E-state index is 12.3. The zero-order valence-electron chi connectivity index (χ0n) is 14.0. The Bertz CT molecular complexity index is 489. The predicted octanol–water partition coefficient (Wildman–Crippen LogP) is 2.40. The monoisotopic (exact) mass is 306 g/mol. The van der Waals surface area contributed by atoms with Gasteiger partial charge >= 0.3 is 6.03 Å². The Morgan fingerprint density at radius 3 is 2.45 bits per heavy atom. The Morgan fingerprint density at radius 1 is 1.27 bits per heavy atom. The first-order valence-corrected chi connectivity index (χ1v) is 8.06. The zero-order valence-corrected chi connectivity index (χ0v) is 14.0. The number of nitrogens with zero attached hydrogens (tertiary/aromatic N) is 4. The van der Waals surface area contributed by atoms with Crippen LogP contribution in [0.3, 0.4) is 0 Å². The van der Waals surface area contributed by atoms with Gasteiger partial charge in [0.05, 0.1) is 0 Å². The van der Waals surface area contributed by atoms with E-state index in [1.165, 1.54) is 0 Å². The number of aromatic nitrogens is 2. The highest BCUT2D eigenvalue weighted by molar-refractivity contribution is 5.74. The Labute approximate surface area is 132 Å². The summed E-state index contributed by atoms with van der Waals surface area (Å²) in [4.78, 5) is 24.7. The van der Waals surface area contributed by atoms with Crippen molar-refractivity contribution in [2.75, 3.05) is 26.2 Å². The lowest BCUT2D eigenvalue weighted by Gasteiger charge is -2.35. The van der Waals surface area contributed by atoms with Gasteiger partial charge in [-0.3, -0.25) is 0 Å². The Balaban J connectivity index is 1.88. The topological polar surface area (TPSA) is 58.6 Å². The van der Waals surface area contributed by atoms with Crippen molar-refractivity contribution in [3.8, 4) is 5.88 Å². The van der Waals surface area contributed by atoms with Crippen molar-refractivity contribution in [2.24, 2.45) is 0 Å². The van der Waals surface area contributed by atoms with Crippen LogP contribution in [0.5, 0.6) is 5.88 Å². The minimum absolute atomic E-state index is 0.120. The molecule has 1 saturated heterocycles. The molecule has 1 aliphatic heterocycles. The van der Waals surface area contributed by atoms with Gasteiger partial charge in [0, 0.05) is 50.8 Å². The normalized spacial score (nSPS) is 15.7. The highest BCUT2D eigenvalue weighted by Crippen LogP contribution is 2.19. The molecule has 0 atom stereocenters. The Hall–Kier alpha value is -1.85. The van der Waals surface area contributed by atoms with Crippen LogP contribution in [0.4, 0.5) is 4.79 Å². The highest BCUT2D eigenvalue weighted by atomic mass is 16.5. The standard InChI is InChI=1S/C16H26N4O2/c1-5-19(6-2)16(21)20-9-7-14(8-10-20)22-15-11-12(3)17-13(4)18-15/h11,14H,5-10H2,1-4H3. The summed E-state index contributed by atoms with van der Waals surface area (Å²) in [6.45, 7) is 10.8. The molecule has 1 aromatic heterocycles. The number of piperidine rings is 1. The van der Waals surface area contributed by atoms with E-state index in [1.54, 1.807) is 0 Å². The van der Waals surface area contributed by atoms with Crippen LogP contribution in [-0.2, 0) is 0 Å². The van der Waals surface area contributed by atoms with E-state index < -0.39 is 0 Å². The van der Waals surface area contributed by atoms with E-state index >= 15 is 0 Å². The third kappa shape index (κ3) is 4.08. The molecule has 1 fully saturated rings. The second-order valence-electron chi connectivity index (χ2n) is 5.65. The fraction of sp³-hybridized carbons (Fsp3) is 0.688. The van der Waals surface area contributed by atoms with E-state index in [9.17, 15) is 4.79 Å². The average molecular weight is 306 g/mol. The summed E-state index contributed by atoms with van der Waals surface area (Å²) in [5.74, 6) is 1.36. The second-order valence-corrected chi connectivity index (χ2v) is 5.65. The second kappa shape index (κ2) is 7.42. The minimum atomic E-state index is 0.120. The van der Waals surface area contributed by atoms with Gasteiger partial charge in [-0.05, 0) is 27.7 Å². The van der Waals surface area contributed by atoms with Gasteiger partial charge in [-0.1, -0.05) is 0 Å². The number of hydrogen-bond donors (Lipinski definition) is 0. The van der Waals surface area contributed by atoms with Crippen LogP contribution in [-0.4, -0.2) is 58.1 Å². The summed E-state index contributed by atoms with van der Waals surface area (Å²) >= 11 is 0. The van der Waals surface area contributed by atoms with Crippen LogP contribution < -0.4 is 4.74 Å². The van der Waals surface area contributed by atoms with E-state index in [0.29, 0.717) is 5.88 Å². The number of amides is 2. The molecule has 0 bridgehead atoms. The van der Waals surface area contributed by atoms with Crippen LogP contribution >= 0.6 is 0 Å². The van der Waals surface area contributed by atoms with Crippen molar-refractivity contribution >= 4 is 6.03 Å². The van der Waals surface area contributed by atoms with Gasteiger partial charge < -0.3 is 14.5 Å². The van der Waals surface area contributed by atoms with Crippen molar-refractivity contribution in [1.29, 1.82) is 0 Å². The van der Waals surface area contributed by atoms with Gasteiger partial charge in [-0.2, -0.15) is 4.98 Å². The van der Waals surface area contributed by atoms with Gasteiger partial charge in [0.2, 0.25) is 5.88 Å². The van der Waals surface area contributed by atoms with E-state index in [4.69, 9.17) is 4.74 Å². The molecule has 1 aromatic rings. The van der Waals surface area contributed by atoms with Crippen LogP contribution in [0.2, 0.25) is 0 Å². The summed E-state index contributed by atoms with van der Waals surface area (Å²) in [5.41, 5.74) is 0.914. The third-order valence-electron chi connectivity index (χ3n) is 3.98. The van der Waals surface area contributed by atoms with Gasteiger partial charge in [-0.25, -0.2) is 9.78 Å². The Kier molecular flexibility index (Phi) is 5.57. The number of likely N-dealkylation sites (tertiary alicyclic amines) is 1. The fourth-order valence-electron chi connectivity index (χ4n) is 2.77. The summed E-state index contributed by atoms with van der Waals surface area (Å²) < 4.78 is 5.96. The molecule has 6 heteroatoms. The van der Waals surface area contributed by atoms with Gasteiger partial charge in [0.15, 0.2) is 0 Å². The van der Waals surface area contributed by atoms with Crippen LogP contribution in [0.1, 0.15) is 38.2 Å². The van der Waals surface area contributed by atoms with Crippen molar-refractivity contribution in [2.45, 2.75) is 46.6 Å². The molecule has 0 N–H and O–H groups in total. The van der Waals surface area contributed by atoms with Crippen LogP contribution in [0, 0.1) is 13.8 Å². The lowest BCUT2D eigenvalue weighted by molar-refractivity contribution is 0.0934. The first kappa shape index (κ1) is 16.5. The number of carbonyl (C=O) groups is 1. The molecule has 0 radical (unpaired) electrons. The van der Waals surface area contributed by atoms with E-state index in [1.807, 2.05) is 43.6 Å². The first-order chi connectivity index (χ1) is 10.5. The molecule has 2 amide bonds. The molecule has 22 heavy (non-hydrogen) atoms. The molecule has 0 aromatic carbocycles. The number of rotatable bonds is 4. The summed E-state index contributed by atoms with van der Waals surface area (Å²) in [6.07, 6.45) is 1.80. The maximum Gasteiger partial charge on any atom is 0.319 e. The lowest BCUT2D eigenvalue weighted by Crippen LogP contribution is -2.48. The van der Waals surface area contributed by atoms with E-state index in [2.05, 4.69) is 9.97 Å². The largest absolute Gasteiger partial charge is 0.474 e. The van der Waals surface area contributed by atoms with Crippen molar-refractivity contribution in [1.82, 2.24) is 19.8 Å². The summed E-state index contributed by atoms with van der Waals surface area (Å²) in [7, 11) is 0. The van der Waals surface area contributed by atoms with Crippen LogP contribution in [0.15, 0.2) is 6.07 Å². The predicted molar refractivity (Wildman–Crippen MR) is 85.0 cm³/mol. The van der Waals surface area contributed by atoms with Crippen molar-refractivity contribution < 1.29 is 9.53 Å². The first-order valence-electron chi connectivity index (χ1n) is 8.06. The molecule has 2 heterocycles. The zero-order chi connectivity index (χ0) is 16.1. The van der Waals surface area contributed by atoms with Gasteiger partial charge in [0.25, 0.3) is 0 Å². The van der Waals surface area contributed by atoms with Gasteiger partial charge in [0.1, 0.15) is 11.9 Å². The van der Waals surface area contributed by atoms with E-state index in [-0.39, 0.29) is 12.1 Å². The fourth-order valence-corrected chi connectivity index (χ4v) is 2.77. The molecule has 122 valence electrons.